The summed E-state index contributed by atoms with van der Waals surface area (Å²) in [5.41, 5.74) is 1.23. The zero-order valence-corrected chi connectivity index (χ0v) is 11.2. The van der Waals surface area contributed by atoms with Crippen molar-refractivity contribution in [3.63, 3.8) is 0 Å². The van der Waals surface area contributed by atoms with E-state index in [2.05, 4.69) is 29.6 Å². The molecule has 0 spiro atoms. The second-order valence-electron chi connectivity index (χ2n) is 4.74. The molecule has 0 bridgehead atoms. The van der Waals surface area contributed by atoms with Crippen molar-refractivity contribution in [2.24, 2.45) is 0 Å². The van der Waals surface area contributed by atoms with Crippen molar-refractivity contribution in [2.75, 3.05) is 31.2 Å². The summed E-state index contributed by atoms with van der Waals surface area (Å²) in [6.45, 7) is 2.65. The Hall–Kier alpha value is -0.710. The average Bonchev–Trinajstić information content (AvgIpc) is 2.94. The Balaban J connectivity index is 1.60. The van der Waals surface area contributed by atoms with Gasteiger partial charge in [0, 0.05) is 18.8 Å². The van der Waals surface area contributed by atoms with E-state index in [4.69, 9.17) is 9.47 Å². The predicted molar refractivity (Wildman–Crippen MR) is 74.4 cm³/mol. The Morgan fingerprint density at radius 2 is 2.17 bits per heavy atom. The van der Waals surface area contributed by atoms with Crippen LogP contribution in [0, 0.1) is 0 Å². The molecule has 0 aromatic heterocycles. The molecule has 18 heavy (non-hydrogen) atoms. The summed E-state index contributed by atoms with van der Waals surface area (Å²) in [6, 6.07) is 8.37. The molecule has 0 amide bonds. The predicted octanol–water partition coefficient (Wildman–Crippen LogP) is 2.23. The van der Waals surface area contributed by atoms with Crippen molar-refractivity contribution in [2.45, 2.75) is 18.6 Å². The fourth-order valence-corrected chi connectivity index (χ4v) is 3.43. The normalized spacial score (nSPS) is 28.2. The minimum atomic E-state index is 0.190. The van der Waals surface area contributed by atoms with Gasteiger partial charge in [0.15, 0.2) is 0 Å². The highest BCUT2D eigenvalue weighted by atomic mass is 32.2. The van der Waals surface area contributed by atoms with Crippen LogP contribution in [0.3, 0.4) is 0 Å². The van der Waals surface area contributed by atoms with Gasteiger partial charge in [-0.05, 0) is 29.9 Å². The van der Waals surface area contributed by atoms with Crippen LogP contribution in [0.5, 0.6) is 5.75 Å². The lowest BCUT2D eigenvalue weighted by molar-refractivity contribution is 0.0276. The molecule has 1 aromatic carbocycles. The van der Waals surface area contributed by atoms with Crippen LogP contribution in [0.25, 0.3) is 0 Å². The molecule has 0 saturated carbocycles. The van der Waals surface area contributed by atoms with E-state index in [1.54, 1.807) is 0 Å². The fraction of sp³-hybridized carbons (Fsp3) is 0.571. The molecule has 2 saturated heterocycles. The Labute approximate surface area is 112 Å². The van der Waals surface area contributed by atoms with E-state index in [1.807, 2.05) is 11.8 Å². The van der Waals surface area contributed by atoms with E-state index < -0.39 is 0 Å². The molecule has 1 aromatic rings. The summed E-state index contributed by atoms with van der Waals surface area (Å²) in [7, 11) is 0. The second kappa shape index (κ2) is 5.95. The highest BCUT2D eigenvalue weighted by Crippen LogP contribution is 2.25. The Morgan fingerprint density at radius 3 is 2.83 bits per heavy atom. The summed E-state index contributed by atoms with van der Waals surface area (Å²) >= 11 is 1.97. The van der Waals surface area contributed by atoms with Gasteiger partial charge in [0.2, 0.25) is 0 Å². The first-order valence-corrected chi connectivity index (χ1v) is 7.74. The number of ether oxygens (including phenoxy) is 2. The topological polar surface area (TPSA) is 30.5 Å². The van der Waals surface area contributed by atoms with Gasteiger partial charge in [0.05, 0.1) is 12.7 Å². The van der Waals surface area contributed by atoms with Crippen molar-refractivity contribution in [3.05, 3.63) is 29.8 Å². The smallest absolute Gasteiger partial charge is 0.119 e. The van der Waals surface area contributed by atoms with Crippen LogP contribution in [-0.4, -0.2) is 37.3 Å². The van der Waals surface area contributed by atoms with E-state index in [-0.39, 0.29) is 6.10 Å². The van der Waals surface area contributed by atoms with Crippen LogP contribution in [0.15, 0.2) is 24.3 Å². The molecule has 2 fully saturated rings. The largest absolute Gasteiger partial charge is 0.490 e. The maximum Gasteiger partial charge on any atom is 0.119 e. The molecule has 1 N–H and O–H groups in total. The Morgan fingerprint density at radius 1 is 1.28 bits per heavy atom. The fourth-order valence-electron chi connectivity index (χ4n) is 2.34. The summed E-state index contributed by atoms with van der Waals surface area (Å²) in [4.78, 5) is 0. The van der Waals surface area contributed by atoms with Crippen molar-refractivity contribution in [1.29, 1.82) is 0 Å². The average molecular weight is 265 g/mol. The first kappa shape index (κ1) is 12.3. The summed E-state index contributed by atoms with van der Waals surface area (Å²) < 4.78 is 11.7. The number of benzene rings is 1. The van der Waals surface area contributed by atoms with E-state index in [0.717, 1.165) is 31.2 Å². The van der Waals surface area contributed by atoms with Crippen molar-refractivity contribution >= 4 is 11.8 Å². The van der Waals surface area contributed by atoms with E-state index in [1.165, 1.54) is 17.7 Å². The van der Waals surface area contributed by atoms with Gasteiger partial charge >= 0.3 is 0 Å². The first-order chi connectivity index (χ1) is 8.92. The third-order valence-electron chi connectivity index (χ3n) is 3.37. The minimum absolute atomic E-state index is 0.190. The van der Waals surface area contributed by atoms with Gasteiger partial charge in [-0.3, -0.25) is 0 Å². The van der Waals surface area contributed by atoms with Crippen LogP contribution in [0.4, 0.5) is 0 Å². The zero-order valence-electron chi connectivity index (χ0n) is 10.4. The molecule has 0 radical (unpaired) electrons. The molecule has 3 nitrogen and oxygen atoms in total. The molecule has 2 atom stereocenters. The monoisotopic (exact) mass is 265 g/mol. The third kappa shape index (κ3) is 2.99. The quantitative estimate of drug-likeness (QED) is 0.908. The van der Waals surface area contributed by atoms with Crippen LogP contribution < -0.4 is 10.1 Å². The molecule has 2 unspecified atom stereocenters. The summed E-state index contributed by atoms with van der Waals surface area (Å²) in [5.74, 6) is 3.33. The SMILES string of the molecule is c1cc(C2CNCCO2)ccc1OC1CCSC1. The van der Waals surface area contributed by atoms with Crippen molar-refractivity contribution < 1.29 is 9.47 Å². The summed E-state index contributed by atoms with van der Waals surface area (Å²) in [6.07, 6.45) is 1.76. The van der Waals surface area contributed by atoms with Gasteiger partial charge in [-0.2, -0.15) is 11.8 Å². The zero-order chi connectivity index (χ0) is 12.2. The van der Waals surface area contributed by atoms with Crippen LogP contribution in [0.1, 0.15) is 18.1 Å². The lowest BCUT2D eigenvalue weighted by atomic mass is 10.1. The molecular weight excluding hydrogens is 246 g/mol. The molecule has 4 heteroatoms. The lowest BCUT2D eigenvalue weighted by Gasteiger charge is -2.24. The van der Waals surface area contributed by atoms with Crippen molar-refractivity contribution in [1.82, 2.24) is 5.32 Å². The van der Waals surface area contributed by atoms with Gasteiger partial charge < -0.3 is 14.8 Å². The maximum atomic E-state index is 5.94. The Bertz CT molecular complexity index is 370. The number of nitrogens with one attached hydrogen (secondary N) is 1. The Kier molecular flexibility index (Phi) is 4.08. The van der Waals surface area contributed by atoms with Crippen molar-refractivity contribution in [3.8, 4) is 5.75 Å². The first-order valence-electron chi connectivity index (χ1n) is 6.58. The third-order valence-corrected chi connectivity index (χ3v) is 4.50. The number of hydrogen-bond donors (Lipinski definition) is 1. The van der Waals surface area contributed by atoms with E-state index in [9.17, 15) is 0 Å². The number of rotatable bonds is 3. The van der Waals surface area contributed by atoms with Gasteiger partial charge in [-0.1, -0.05) is 12.1 Å². The van der Waals surface area contributed by atoms with Crippen LogP contribution >= 0.6 is 11.8 Å². The highest BCUT2D eigenvalue weighted by molar-refractivity contribution is 7.99. The van der Waals surface area contributed by atoms with Gasteiger partial charge in [-0.15, -0.1) is 0 Å². The van der Waals surface area contributed by atoms with Gasteiger partial charge in [-0.25, -0.2) is 0 Å². The standard InChI is InChI=1S/C14H19NO2S/c1-3-12(17-13-5-8-18-10-13)4-2-11(1)14-9-15-6-7-16-14/h1-4,13-15H,5-10H2. The van der Waals surface area contributed by atoms with E-state index >= 15 is 0 Å². The molecule has 2 heterocycles. The molecule has 3 rings (SSSR count). The number of morpholine rings is 1. The van der Waals surface area contributed by atoms with E-state index in [0.29, 0.717) is 6.10 Å². The van der Waals surface area contributed by atoms with Gasteiger partial charge in [0.25, 0.3) is 0 Å². The molecular formula is C14H19NO2S. The highest BCUT2D eigenvalue weighted by Gasteiger charge is 2.18. The molecule has 2 aliphatic heterocycles. The molecule has 0 aliphatic carbocycles. The molecule has 98 valence electrons. The van der Waals surface area contributed by atoms with Crippen LogP contribution in [-0.2, 0) is 4.74 Å². The number of hydrogen-bond acceptors (Lipinski definition) is 4. The van der Waals surface area contributed by atoms with Crippen LogP contribution in [0.2, 0.25) is 0 Å². The molecule has 2 aliphatic rings. The van der Waals surface area contributed by atoms with Gasteiger partial charge in [0.1, 0.15) is 11.9 Å². The minimum Gasteiger partial charge on any atom is -0.490 e. The lowest BCUT2D eigenvalue weighted by Crippen LogP contribution is -2.33. The second-order valence-corrected chi connectivity index (χ2v) is 5.89. The summed E-state index contributed by atoms with van der Waals surface area (Å²) in [5, 5.41) is 3.35. The number of thioether (sulfide) groups is 1. The maximum absolute atomic E-state index is 5.94.